The lowest BCUT2D eigenvalue weighted by Gasteiger charge is -2.16. The van der Waals surface area contributed by atoms with Crippen LogP contribution in [-0.4, -0.2) is 40.1 Å². The molecule has 1 amide bonds. The Kier molecular flexibility index (Phi) is 5.31. The smallest absolute Gasteiger partial charge is 0.226 e. The largest absolute Gasteiger partial charge is 0.340 e. The van der Waals surface area contributed by atoms with Gasteiger partial charge in [-0.2, -0.15) is 4.98 Å². The topological polar surface area (TPSA) is 85.2 Å². The van der Waals surface area contributed by atoms with Gasteiger partial charge < -0.3 is 15.2 Å². The minimum absolute atomic E-state index is 0.0133. The summed E-state index contributed by atoms with van der Waals surface area (Å²) in [4.78, 5) is 19.8. The van der Waals surface area contributed by atoms with Crippen LogP contribution in [0.2, 0.25) is 0 Å². The number of carbonyl (C=O) groups excluding carboxylic acids is 1. The fourth-order valence-corrected chi connectivity index (χ4v) is 4.15. The Morgan fingerprint density at radius 1 is 1.22 bits per heavy atom. The van der Waals surface area contributed by atoms with Gasteiger partial charge in [-0.1, -0.05) is 41.6 Å². The molecule has 1 aromatic carbocycles. The van der Waals surface area contributed by atoms with Gasteiger partial charge in [-0.25, -0.2) is 0 Å². The molecule has 2 atom stereocenters. The number of aromatic nitrogens is 2. The zero-order valence-electron chi connectivity index (χ0n) is 15.0. The molecular weight excluding hydrogens is 360 g/mol. The van der Waals surface area contributed by atoms with E-state index in [1.54, 1.807) is 11.3 Å². The van der Waals surface area contributed by atoms with E-state index in [0.717, 1.165) is 4.88 Å². The van der Waals surface area contributed by atoms with Crippen LogP contribution >= 0.6 is 11.3 Å². The molecule has 27 heavy (non-hydrogen) atoms. The van der Waals surface area contributed by atoms with E-state index in [-0.39, 0.29) is 17.9 Å². The van der Waals surface area contributed by atoms with Crippen molar-refractivity contribution in [2.24, 2.45) is 5.73 Å². The second kappa shape index (κ2) is 8.02. The van der Waals surface area contributed by atoms with E-state index in [1.165, 1.54) is 5.56 Å². The van der Waals surface area contributed by atoms with Crippen molar-refractivity contribution in [1.29, 1.82) is 0 Å². The summed E-state index contributed by atoms with van der Waals surface area (Å²) in [6, 6.07) is 14.1. The van der Waals surface area contributed by atoms with Crippen LogP contribution in [0.3, 0.4) is 0 Å². The highest BCUT2D eigenvalue weighted by atomic mass is 32.1. The molecule has 0 radical (unpaired) electrons. The molecule has 3 aromatic rings. The van der Waals surface area contributed by atoms with Crippen molar-refractivity contribution in [2.75, 3.05) is 13.1 Å². The van der Waals surface area contributed by atoms with Crippen LogP contribution in [0.1, 0.15) is 30.2 Å². The molecule has 0 unspecified atom stereocenters. The summed E-state index contributed by atoms with van der Waals surface area (Å²) in [6.07, 6.45) is 1.75. The van der Waals surface area contributed by atoms with Crippen LogP contribution in [-0.2, 0) is 11.2 Å². The van der Waals surface area contributed by atoms with Crippen LogP contribution in [0, 0.1) is 0 Å². The zero-order valence-corrected chi connectivity index (χ0v) is 15.8. The second-order valence-electron chi connectivity index (χ2n) is 6.82. The maximum absolute atomic E-state index is 12.6. The average molecular weight is 382 g/mol. The van der Waals surface area contributed by atoms with Crippen LogP contribution in [0.25, 0.3) is 10.7 Å². The molecule has 0 aliphatic carbocycles. The first-order valence-electron chi connectivity index (χ1n) is 9.15. The number of rotatable bonds is 6. The normalized spacial score (nSPS) is 19.5. The van der Waals surface area contributed by atoms with Gasteiger partial charge in [0.2, 0.25) is 17.6 Å². The summed E-state index contributed by atoms with van der Waals surface area (Å²) >= 11 is 1.58. The summed E-state index contributed by atoms with van der Waals surface area (Å²) in [5.41, 5.74) is 7.48. The van der Waals surface area contributed by atoms with Gasteiger partial charge in [-0.05, 0) is 23.4 Å². The number of carbonyl (C=O) groups is 1. The standard InChI is InChI=1S/C20H22N4O2S/c21-16-13-24(12-15(16)14-6-2-1-3-7-14)19(25)10-4-9-18-22-20(23-26-18)17-8-5-11-27-17/h1-3,5-8,11,15-16H,4,9-10,12-13,21H2/t15-,16+/m0/s1. The van der Waals surface area contributed by atoms with Crippen LogP contribution in [0.15, 0.2) is 52.4 Å². The molecule has 0 bridgehead atoms. The monoisotopic (exact) mass is 382 g/mol. The first kappa shape index (κ1) is 17.9. The number of amides is 1. The zero-order chi connectivity index (χ0) is 18.6. The number of likely N-dealkylation sites (tertiary alicyclic amines) is 1. The third-order valence-electron chi connectivity index (χ3n) is 4.94. The van der Waals surface area contributed by atoms with Crippen LogP contribution in [0.5, 0.6) is 0 Å². The molecule has 1 saturated heterocycles. The van der Waals surface area contributed by atoms with Gasteiger partial charge in [0.05, 0.1) is 4.88 Å². The van der Waals surface area contributed by atoms with E-state index in [2.05, 4.69) is 22.3 Å². The van der Waals surface area contributed by atoms with E-state index in [1.807, 2.05) is 40.6 Å². The summed E-state index contributed by atoms with van der Waals surface area (Å²) in [6.45, 7) is 1.30. The fourth-order valence-electron chi connectivity index (χ4n) is 3.50. The van der Waals surface area contributed by atoms with E-state index >= 15 is 0 Å². The van der Waals surface area contributed by atoms with Gasteiger partial charge >= 0.3 is 0 Å². The fraction of sp³-hybridized carbons (Fsp3) is 0.350. The summed E-state index contributed by atoms with van der Waals surface area (Å²) in [5, 5.41) is 5.98. The minimum atomic E-state index is -0.0133. The highest BCUT2D eigenvalue weighted by molar-refractivity contribution is 7.13. The molecule has 4 rings (SSSR count). The highest BCUT2D eigenvalue weighted by Gasteiger charge is 2.33. The number of hydrogen-bond donors (Lipinski definition) is 1. The number of nitrogens with zero attached hydrogens (tertiary/aromatic N) is 3. The van der Waals surface area contributed by atoms with Crippen molar-refractivity contribution in [3.05, 3.63) is 59.3 Å². The number of nitrogens with two attached hydrogens (primary N) is 1. The van der Waals surface area contributed by atoms with Gasteiger partial charge in [0.1, 0.15) is 0 Å². The van der Waals surface area contributed by atoms with E-state index in [9.17, 15) is 4.79 Å². The molecule has 3 heterocycles. The van der Waals surface area contributed by atoms with Crippen molar-refractivity contribution >= 4 is 17.2 Å². The Hall–Kier alpha value is -2.51. The van der Waals surface area contributed by atoms with Gasteiger partial charge in [-0.3, -0.25) is 4.79 Å². The molecule has 1 aliphatic heterocycles. The Labute approximate surface area is 162 Å². The number of hydrogen-bond acceptors (Lipinski definition) is 6. The quantitative estimate of drug-likeness (QED) is 0.708. The highest BCUT2D eigenvalue weighted by Crippen LogP contribution is 2.27. The molecule has 0 spiro atoms. The first-order valence-corrected chi connectivity index (χ1v) is 10.0. The molecule has 1 aliphatic rings. The predicted molar refractivity (Wildman–Crippen MR) is 104 cm³/mol. The molecule has 1 fully saturated rings. The number of benzene rings is 1. The van der Waals surface area contributed by atoms with Gasteiger partial charge in [0.15, 0.2) is 0 Å². The third-order valence-corrected chi connectivity index (χ3v) is 5.80. The number of thiophene rings is 1. The lowest BCUT2D eigenvalue weighted by molar-refractivity contribution is -0.130. The Morgan fingerprint density at radius 2 is 2.07 bits per heavy atom. The molecule has 0 saturated carbocycles. The molecule has 140 valence electrons. The lowest BCUT2D eigenvalue weighted by atomic mass is 9.95. The maximum atomic E-state index is 12.6. The van der Waals surface area contributed by atoms with Gasteiger partial charge in [0, 0.05) is 37.9 Å². The van der Waals surface area contributed by atoms with Gasteiger partial charge in [-0.15, -0.1) is 11.3 Å². The summed E-state index contributed by atoms with van der Waals surface area (Å²) < 4.78 is 5.29. The van der Waals surface area contributed by atoms with Crippen molar-refractivity contribution in [3.8, 4) is 10.7 Å². The minimum Gasteiger partial charge on any atom is -0.340 e. The average Bonchev–Trinajstić information content (AvgIpc) is 3.43. The second-order valence-corrected chi connectivity index (χ2v) is 7.77. The molecule has 7 heteroatoms. The van der Waals surface area contributed by atoms with E-state index in [0.29, 0.717) is 44.1 Å². The van der Waals surface area contributed by atoms with Crippen molar-refractivity contribution < 1.29 is 9.32 Å². The lowest BCUT2D eigenvalue weighted by Crippen LogP contribution is -2.32. The number of aryl methyl sites for hydroxylation is 1. The molecule has 6 nitrogen and oxygen atoms in total. The molecular formula is C20H22N4O2S. The first-order chi connectivity index (χ1) is 13.2. The van der Waals surface area contributed by atoms with Crippen molar-refractivity contribution in [1.82, 2.24) is 15.0 Å². The molecule has 2 aromatic heterocycles. The van der Waals surface area contributed by atoms with E-state index in [4.69, 9.17) is 10.3 Å². The maximum Gasteiger partial charge on any atom is 0.226 e. The Morgan fingerprint density at radius 3 is 2.85 bits per heavy atom. The van der Waals surface area contributed by atoms with Crippen LogP contribution < -0.4 is 5.73 Å². The summed E-state index contributed by atoms with van der Waals surface area (Å²) in [7, 11) is 0. The molecule has 2 N–H and O–H groups in total. The van der Waals surface area contributed by atoms with Crippen molar-refractivity contribution in [3.63, 3.8) is 0 Å². The summed E-state index contributed by atoms with van der Waals surface area (Å²) in [5.74, 6) is 1.54. The van der Waals surface area contributed by atoms with Crippen molar-refractivity contribution in [2.45, 2.75) is 31.2 Å². The Balaban J connectivity index is 1.28. The van der Waals surface area contributed by atoms with Gasteiger partial charge in [0.25, 0.3) is 0 Å². The Bertz CT molecular complexity index is 879. The van der Waals surface area contributed by atoms with E-state index < -0.39 is 0 Å². The SMILES string of the molecule is N[C@@H]1CN(C(=O)CCCc2nc(-c3cccs3)no2)C[C@H]1c1ccccc1. The third kappa shape index (κ3) is 4.09. The predicted octanol–water partition coefficient (Wildman–Crippen LogP) is 3.07. The van der Waals surface area contributed by atoms with Crippen LogP contribution in [0.4, 0.5) is 0 Å².